The summed E-state index contributed by atoms with van der Waals surface area (Å²) in [6, 6.07) is 6.42. The van der Waals surface area contributed by atoms with E-state index in [4.69, 9.17) is 15.2 Å². The number of hydrogen-bond acceptors (Lipinski definition) is 4. The van der Waals surface area contributed by atoms with E-state index in [-0.39, 0.29) is 6.09 Å². The highest BCUT2D eigenvalue weighted by Crippen LogP contribution is 2.24. The minimum absolute atomic E-state index is 0.350. The van der Waals surface area contributed by atoms with Crippen LogP contribution in [-0.4, -0.2) is 39.1 Å². The van der Waals surface area contributed by atoms with Crippen LogP contribution in [0.3, 0.4) is 0 Å². The highest BCUT2D eigenvalue weighted by atomic mass is 19.1. The van der Waals surface area contributed by atoms with Crippen molar-refractivity contribution >= 4 is 11.8 Å². The molecular weight excluding hydrogens is 251 g/mol. The number of alkyl halides is 1. The van der Waals surface area contributed by atoms with E-state index in [2.05, 4.69) is 0 Å². The fraction of sp³-hybridized carbons (Fsp3) is 0.462. The van der Waals surface area contributed by atoms with E-state index >= 15 is 0 Å². The molecule has 1 aromatic rings. The fourth-order valence-electron chi connectivity index (χ4n) is 2.11. The van der Waals surface area contributed by atoms with Crippen LogP contribution in [0.25, 0.3) is 0 Å². The van der Waals surface area contributed by atoms with Gasteiger partial charge in [-0.3, -0.25) is 4.90 Å². The van der Waals surface area contributed by atoms with Crippen molar-refractivity contribution in [1.29, 1.82) is 0 Å². The van der Waals surface area contributed by atoms with E-state index in [1.807, 2.05) is 0 Å². The van der Waals surface area contributed by atoms with Gasteiger partial charge in [0.05, 0.1) is 18.7 Å². The summed E-state index contributed by atoms with van der Waals surface area (Å²) in [4.78, 5) is 13.0. The Morgan fingerprint density at radius 1 is 1.47 bits per heavy atom. The smallest absolute Gasteiger partial charge is 0.414 e. The molecule has 2 N–H and O–H groups in total. The number of benzene rings is 1. The first-order chi connectivity index (χ1) is 9.17. The molecule has 0 spiro atoms. The molecule has 104 valence electrons. The van der Waals surface area contributed by atoms with Crippen LogP contribution in [0.5, 0.6) is 0 Å². The predicted molar refractivity (Wildman–Crippen MR) is 68.8 cm³/mol. The van der Waals surface area contributed by atoms with E-state index in [0.29, 0.717) is 13.2 Å². The summed E-state index contributed by atoms with van der Waals surface area (Å²) in [5.74, 6) is 0. The number of carbonyl (C=O) groups is 1. The van der Waals surface area contributed by atoms with Gasteiger partial charge in [0.2, 0.25) is 0 Å². The first-order valence-electron chi connectivity index (χ1n) is 6.06. The standard InChI is InChI=1S/C13H17FN2O3/c1-18-12(11(15)8-14)9-2-4-10(5-3-9)16-6-7-19-13(16)17/h2-5,11-12H,6-8,15H2,1H3/t11-,12-/m1/s1. The van der Waals surface area contributed by atoms with Gasteiger partial charge in [-0.1, -0.05) is 12.1 Å². The molecule has 0 unspecified atom stereocenters. The van der Waals surface area contributed by atoms with Crippen molar-refractivity contribution in [3.05, 3.63) is 29.8 Å². The molecule has 1 fully saturated rings. The van der Waals surface area contributed by atoms with Crippen molar-refractivity contribution in [2.45, 2.75) is 12.1 Å². The average molecular weight is 268 g/mol. The van der Waals surface area contributed by atoms with Crippen LogP contribution in [0, 0.1) is 0 Å². The largest absolute Gasteiger partial charge is 0.447 e. The Morgan fingerprint density at radius 3 is 2.63 bits per heavy atom. The fourth-order valence-corrected chi connectivity index (χ4v) is 2.11. The van der Waals surface area contributed by atoms with Gasteiger partial charge >= 0.3 is 6.09 Å². The summed E-state index contributed by atoms with van der Waals surface area (Å²) in [6.07, 6.45) is -0.846. The highest BCUT2D eigenvalue weighted by molar-refractivity contribution is 5.89. The summed E-state index contributed by atoms with van der Waals surface area (Å²) in [5, 5.41) is 0. The number of carbonyl (C=O) groups excluding carboxylic acids is 1. The molecule has 1 amide bonds. The van der Waals surface area contributed by atoms with E-state index in [9.17, 15) is 9.18 Å². The summed E-state index contributed by atoms with van der Waals surface area (Å²) in [6.45, 7) is 0.280. The van der Waals surface area contributed by atoms with Crippen molar-refractivity contribution in [2.75, 3.05) is 31.8 Å². The van der Waals surface area contributed by atoms with E-state index in [1.165, 1.54) is 7.11 Å². The van der Waals surface area contributed by atoms with Gasteiger partial charge in [0.25, 0.3) is 0 Å². The second-order valence-corrected chi connectivity index (χ2v) is 4.33. The quantitative estimate of drug-likeness (QED) is 0.881. The van der Waals surface area contributed by atoms with Gasteiger partial charge in [0.1, 0.15) is 13.3 Å². The minimum atomic E-state index is -0.701. The number of rotatable bonds is 5. The van der Waals surface area contributed by atoms with Crippen LogP contribution in [0.2, 0.25) is 0 Å². The van der Waals surface area contributed by atoms with Crippen LogP contribution in [0.1, 0.15) is 11.7 Å². The summed E-state index contributed by atoms with van der Waals surface area (Å²) >= 11 is 0. The number of hydrogen-bond donors (Lipinski definition) is 1. The summed E-state index contributed by atoms with van der Waals surface area (Å²) < 4.78 is 22.7. The highest BCUT2D eigenvalue weighted by Gasteiger charge is 2.24. The molecule has 0 aliphatic carbocycles. The van der Waals surface area contributed by atoms with Crippen molar-refractivity contribution in [1.82, 2.24) is 0 Å². The van der Waals surface area contributed by atoms with Crippen LogP contribution < -0.4 is 10.6 Å². The van der Waals surface area contributed by atoms with Gasteiger partial charge in [-0.25, -0.2) is 9.18 Å². The zero-order valence-electron chi connectivity index (χ0n) is 10.7. The molecule has 2 atom stereocenters. The zero-order chi connectivity index (χ0) is 13.8. The van der Waals surface area contributed by atoms with Crippen molar-refractivity contribution < 1.29 is 18.7 Å². The van der Waals surface area contributed by atoms with Gasteiger partial charge < -0.3 is 15.2 Å². The summed E-state index contributed by atoms with van der Waals surface area (Å²) in [5.41, 5.74) is 7.18. The number of anilines is 1. The van der Waals surface area contributed by atoms with Crippen molar-refractivity contribution in [3.8, 4) is 0 Å². The topological polar surface area (TPSA) is 64.8 Å². The molecule has 1 saturated heterocycles. The first kappa shape index (κ1) is 13.8. The minimum Gasteiger partial charge on any atom is -0.447 e. The molecule has 0 bridgehead atoms. The maximum Gasteiger partial charge on any atom is 0.414 e. The predicted octanol–water partition coefficient (Wildman–Crippen LogP) is 1.63. The molecule has 1 aliphatic heterocycles. The third-order valence-corrected chi connectivity index (χ3v) is 3.12. The molecule has 1 aliphatic rings. The Labute approximate surface area is 111 Å². The van der Waals surface area contributed by atoms with Crippen molar-refractivity contribution in [2.24, 2.45) is 5.73 Å². The molecule has 0 aromatic heterocycles. The second kappa shape index (κ2) is 5.99. The van der Waals surface area contributed by atoms with Gasteiger partial charge in [-0.2, -0.15) is 0 Å². The molecule has 1 aromatic carbocycles. The summed E-state index contributed by atoms with van der Waals surface area (Å²) in [7, 11) is 1.49. The number of ether oxygens (including phenoxy) is 2. The van der Waals surface area contributed by atoms with Gasteiger partial charge in [-0.05, 0) is 17.7 Å². The lowest BCUT2D eigenvalue weighted by atomic mass is 10.0. The third kappa shape index (κ3) is 2.85. The normalized spacial score (nSPS) is 18.3. The molecule has 6 heteroatoms. The molecular formula is C13H17FN2O3. The molecule has 1 heterocycles. The molecule has 0 radical (unpaired) electrons. The monoisotopic (exact) mass is 268 g/mol. The molecule has 19 heavy (non-hydrogen) atoms. The number of methoxy groups -OCH3 is 1. The third-order valence-electron chi connectivity index (χ3n) is 3.12. The number of halogens is 1. The van der Waals surface area contributed by atoms with Gasteiger partial charge in [-0.15, -0.1) is 0 Å². The maximum atomic E-state index is 12.6. The Kier molecular flexibility index (Phi) is 4.34. The van der Waals surface area contributed by atoms with Crippen LogP contribution in [-0.2, 0) is 9.47 Å². The lowest BCUT2D eigenvalue weighted by Crippen LogP contribution is -2.31. The lowest BCUT2D eigenvalue weighted by molar-refractivity contribution is 0.0721. The maximum absolute atomic E-state index is 12.6. The Morgan fingerprint density at radius 2 is 2.16 bits per heavy atom. The SMILES string of the molecule is CO[C@H](c1ccc(N2CCOC2=O)cc1)[C@H](N)CF. The first-order valence-corrected chi connectivity index (χ1v) is 6.06. The van der Waals surface area contributed by atoms with Crippen LogP contribution in [0.15, 0.2) is 24.3 Å². The van der Waals surface area contributed by atoms with Crippen LogP contribution in [0.4, 0.5) is 14.9 Å². The zero-order valence-corrected chi connectivity index (χ0v) is 10.7. The van der Waals surface area contributed by atoms with Gasteiger partial charge in [0.15, 0.2) is 0 Å². The molecule has 2 rings (SSSR count). The Hall–Kier alpha value is -1.66. The number of nitrogens with zero attached hydrogens (tertiary/aromatic N) is 1. The molecule has 0 saturated carbocycles. The van der Waals surface area contributed by atoms with Crippen molar-refractivity contribution in [3.63, 3.8) is 0 Å². The molecule has 5 nitrogen and oxygen atoms in total. The van der Waals surface area contributed by atoms with E-state index in [1.54, 1.807) is 29.2 Å². The lowest BCUT2D eigenvalue weighted by Gasteiger charge is -2.21. The number of cyclic esters (lactones) is 1. The van der Waals surface area contributed by atoms with Gasteiger partial charge in [0, 0.05) is 12.8 Å². The van der Waals surface area contributed by atoms with E-state index < -0.39 is 18.8 Å². The number of amides is 1. The Bertz CT molecular complexity index is 438. The Balaban J connectivity index is 2.15. The van der Waals surface area contributed by atoms with E-state index in [0.717, 1.165) is 11.3 Å². The second-order valence-electron chi connectivity index (χ2n) is 4.33. The van der Waals surface area contributed by atoms with Crippen LogP contribution >= 0.6 is 0 Å². The average Bonchev–Trinajstić information content (AvgIpc) is 2.86. The number of nitrogens with two attached hydrogens (primary N) is 1.